The van der Waals surface area contributed by atoms with E-state index in [1.165, 1.54) is 23.8 Å². The molecule has 2 aliphatic rings. The highest BCUT2D eigenvalue weighted by atomic mass is 19.4. The molecule has 0 spiro atoms. The summed E-state index contributed by atoms with van der Waals surface area (Å²) in [6, 6.07) is 10.5. The maximum Gasteiger partial charge on any atom is 0.418 e. The van der Waals surface area contributed by atoms with Gasteiger partial charge in [0.15, 0.2) is 11.5 Å². The number of urea groups is 1. The number of nitrogens with one attached hydrogen (secondary N) is 2. The number of amides is 2. The number of hydrogen-bond donors (Lipinski definition) is 2. The van der Waals surface area contributed by atoms with Crippen molar-refractivity contribution >= 4 is 11.7 Å². The topological polar surface area (TPSA) is 62.8 Å². The number of alkyl halides is 3. The van der Waals surface area contributed by atoms with Crippen LogP contribution in [0.3, 0.4) is 0 Å². The summed E-state index contributed by atoms with van der Waals surface area (Å²) in [7, 11) is 5.31. The molecule has 34 heavy (non-hydrogen) atoms. The average Bonchev–Trinajstić information content (AvgIpc) is 3.15. The van der Waals surface area contributed by atoms with E-state index in [-0.39, 0.29) is 23.2 Å². The molecule has 2 N–H and O–H groups in total. The Labute approximate surface area is 197 Å². The molecular formula is C25H30F3N3O3. The van der Waals surface area contributed by atoms with Gasteiger partial charge in [0.25, 0.3) is 0 Å². The van der Waals surface area contributed by atoms with E-state index >= 15 is 0 Å². The standard InChI is InChI=1S/C25H30F3N3O3/c1-31-13-12-24(16-8-9-20(33-2)21(14-16)34-3)11-10-17(15-22(24)31)29-23(32)30-19-7-5-4-6-18(19)25(26,27)28/h4-9,14,17,22H,10-13,15H2,1-3H3,(H2,29,30,32)/t17-,22+,24-/m0/s1. The van der Waals surface area contributed by atoms with E-state index in [1.54, 1.807) is 14.2 Å². The van der Waals surface area contributed by atoms with Crippen LogP contribution < -0.4 is 20.1 Å². The predicted octanol–water partition coefficient (Wildman–Crippen LogP) is 5.04. The average molecular weight is 478 g/mol. The number of rotatable bonds is 5. The summed E-state index contributed by atoms with van der Waals surface area (Å²) in [5, 5.41) is 5.29. The van der Waals surface area contributed by atoms with Crippen molar-refractivity contribution in [3.8, 4) is 11.5 Å². The molecule has 4 rings (SSSR count). The lowest BCUT2D eigenvalue weighted by Crippen LogP contribution is -2.52. The lowest BCUT2D eigenvalue weighted by atomic mass is 9.65. The number of likely N-dealkylation sites (tertiary alicyclic amines) is 1. The third-order valence-corrected chi connectivity index (χ3v) is 7.30. The van der Waals surface area contributed by atoms with Crippen molar-refractivity contribution in [3.63, 3.8) is 0 Å². The van der Waals surface area contributed by atoms with Gasteiger partial charge in [-0.25, -0.2) is 4.79 Å². The lowest BCUT2D eigenvalue weighted by Gasteiger charge is -2.45. The third-order valence-electron chi connectivity index (χ3n) is 7.30. The van der Waals surface area contributed by atoms with E-state index in [1.807, 2.05) is 12.1 Å². The van der Waals surface area contributed by atoms with Crippen LogP contribution in [-0.4, -0.2) is 50.8 Å². The number of anilines is 1. The highest BCUT2D eigenvalue weighted by Crippen LogP contribution is 2.50. The minimum Gasteiger partial charge on any atom is -0.493 e. The van der Waals surface area contributed by atoms with Crippen LogP contribution in [0.15, 0.2) is 42.5 Å². The largest absolute Gasteiger partial charge is 0.493 e. The Hall–Kier alpha value is -2.94. The van der Waals surface area contributed by atoms with Crippen LogP contribution in [0.5, 0.6) is 11.5 Å². The van der Waals surface area contributed by atoms with E-state index in [4.69, 9.17) is 9.47 Å². The number of fused-ring (bicyclic) bond motifs is 1. The third kappa shape index (κ3) is 4.53. The second-order valence-electron chi connectivity index (χ2n) is 9.09. The van der Waals surface area contributed by atoms with E-state index < -0.39 is 17.8 Å². The molecule has 1 aliphatic heterocycles. The second-order valence-corrected chi connectivity index (χ2v) is 9.09. The van der Waals surface area contributed by atoms with Gasteiger partial charge < -0.3 is 25.0 Å². The Morgan fingerprint density at radius 1 is 1.09 bits per heavy atom. The van der Waals surface area contributed by atoms with Crippen LogP contribution in [0.25, 0.3) is 0 Å². The van der Waals surface area contributed by atoms with E-state index in [9.17, 15) is 18.0 Å². The molecule has 2 fully saturated rings. The molecule has 1 saturated heterocycles. The van der Waals surface area contributed by atoms with Gasteiger partial charge in [0.1, 0.15) is 0 Å². The van der Waals surface area contributed by atoms with E-state index in [2.05, 4.69) is 28.6 Å². The molecule has 0 radical (unpaired) electrons. The molecule has 2 aromatic carbocycles. The first-order chi connectivity index (χ1) is 16.2. The number of ether oxygens (including phenoxy) is 2. The molecule has 9 heteroatoms. The fraction of sp³-hybridized carbons (Fsp3) is 0.480. The number of hydrogen-bond acceptors (Lipinski definition) is 4. The van der Waals surface area contributed by atoms with Gasteiger partial charge in [-0.05, 0) is 69.1 Å². The van der Waals surface area contributed by atoms with Gasteiger partial charge in [-0.3, -0.25) is 0 Å². The number of likely N-dealkylation sites (N-methyl/N-ethyl adjacent to an activating group) is 1. The summed E-state index contributed by atoms with van der Waals surface area (Å²) < 4.78 is 50.7. The zero-order chi connectivity index (χ0) is 24.5. The molecule has 1 heterocycles. The number of methoxy groups -OCH3 is 2. The van der Waals surface area contributed by atoms with Crippen molar-refractivity contribution in [2.24, 2.45) is 0 Å². The van der Waals surface area contributed by atoms with Gasteiger partial charge in [-0.1, -0.05) is 18.2 Å². The molecule has 2 aromatic rings. The van der Waals surface area contributed by atoms with Crippen LogP contribution in [0.1, 0.15) is 36.8 Å². The molecule has 3 atom stereocenters. The quantitative estimate of drug-likeness (QED) is 0.634. The second kappa shape index (κ2) is 9.37. The van der Waals surface area contributed by atoms with Crippen LogP contribution >= 0.6 is 0 Å². The fourth-order valence-electron chi connectivity index (χ4n) is 5.58. The minimum atomic E-state index is -4.54. The maximum atomic E-state index is 13.3. The van der Waals surface area contributed by atoms with E-state index in [0.29, 0.717) is 17.9 Å². The summed E-state index contributed by atoms with van der Waals surface area (Å²) in [6.07, 6.45) is -1.27. The summed E-state index contributed by atoms with van der Waals surface area (Å²) in [4.78, 5) is 14.9. The molecular weight excluding hydrogens is 447 g/mol. The zero-order valence-electron chi connectivity index (χ0n) is 19.5. The van der Waals surface area contributed by atoms with Crippen molar-refractivity contribution in [1.29, 1.82) is 0 Å². The minimum absolute atomic E-state index is 0.0775. The van der Waals surface area contributed by atoms with E-state index in [0.717, 1.165) is 31.9 Å². The number of benzene rings is 2. The Balaban J connectivity index is 1.49. The first kappa shape index (κ1) is 24.2. The predicted molar refractivity (Wildman–Crippen MR) is 123 cm³/mol. The number of nitrogens with zero attached hydrogens (tertiary/aromatic N) is 1. The van der Waals surface area contributed by atoms with Gasteiger partial charge >= 0.3 is 12.2 Å². The van der Waals surface area contributed by atoms with Gasteiger partial charge in [-0.15, -0.1) is 0 Å². The van der Waals surface area contributed by atoms with Crippen molar-refractivity contribution in [2.45, 2.75) is 49.4 Å². The van der Waals surface area contributed by atoms with Gasteiger partial charge in [0.2, 0.25) is 0 Å². The highest BCUT2D eigenvalue weighted by Gasteiger charge is 2.50. The number of carbonyl (C=O) groups is 1. The van der Waals surface area contributed by atoms with Crippen LogP contribution in [-0.2, 0) is 11.6 Å². The molecule has 1 aliphatic carbocycles. The summed E-state index contributed by atoms with van der Waals surface area (Å²) in [6.45, 7) is 0.927. The number of halogens is 3. The molecule has 184 valence electrons. The van der Waals surface area contributed by atoms with Gasteiger partial charge in [-0.2, -0.15) is 13.2 Å². The maximum absolute atomic E-state index is 13.3. The molecule has 0 unspecified atom stereocenters. The monoisotopic (exact) mass is 477 g/mol. The Morgan fingerprint density at radius 2 is 1.82 bits per heavy atom. The molecule has 2 amide bonds. The Morgan fingerprint density at radius 3 is 2.53 bits per heavy atom. The van der Waals surface area contributed by atoms with Crippen molar-refractivity contribution < 1.29 is 27.4 Å². The van der Waals surface area contributed by atoms with Crippen LogP contribution in [0, 0.1) is 0 Å². The Bertz CT molecular complexity index is 1050. The lowest BCUT2D eigenvalue weighted by molar-refractivity contribution is -0.136. The highest BCUT2D eigenvalue weighted by molar-refractivity contribution is 5.90. The Kier molecular flexibility index (Phi) is 6.66. The first-order valence-corrected chi connectivity index (χ1v) is 11.3. The SMILES string of the molecule is COc1ccc([C@@]23CC[C@H](NC(=O)Nc4ccccc4C(F)(F)F)C[C@H]2N(C)CC3)cc1OC. The number of carbonyl (C=O) groups excluding carboxylic acids is 1. The summed E-state index contributed by atoms with van der Waals surface area (Å²) in [5.74, 6) is 1.36. The molecule has 0 aromatic heterocycles. The first-order valence-electron chi connectivity index (χ1n) is 11.3. The fourth-order valence-corrected chi connectivity index (χ4v) is 5.58. The zero-order valence-corrected chi connectivity index (χ0v) is 19.5. The van der Waals surface area contributed by atoms with Gasteiger partial charge in [0.05, 0.1) is 25.5 Å². The van der Waals surface area contributed by atoms with Crippen molar-refractivity contribution in [1.82, 2.24) is 10.2 Å². The normalized spacial score (nSPS) is 24.9. The van der Waals surface area contributed by atoms with Gasteiger partial charge in [0, 0.05) is 17.5 Å². The van der Waals surface area contributed by atoms with Crippen molar-refractivity contribution in [2.75, 3.05) is 33.1 Å². The summed E-state index contributed by atoms with van der Waals surface area (Å²) in [5.41, 5.74) is -0.00877. The molecule has 1 saturated carbocycles. The van der Waals surface area contributed by atoms with Crippen molar-refractivity contribution in [3.05, 3.63) is 53.6 Å². The molecule has 6 nitrogen and oxygen atoms in total. The molecule has 0 bridgehead atoms. The summed E-state index contributed by atoms with van der Waals surface area (Å²) >= 11 is 0. The number of para-hydroxylation sites is 1. The van der Waals surface area contributed by atoms with Crippen LogP contribution in [0.4, 0.5) is 23.7 Å². The van der Waals surface area contributed by atoms with Crippen LogP contribution in [0.2, 0.25) is 0 Å². The smallest absolute Gasteiger partial charge is 0.418 e.